The van der Waals surface area contributed by atoms with Crippen LogP contribution in [0.3, 0.4) is 0 Å². The van der Waals surface area contributed by atoms with Crippen molar-refractivity contribution in [1.82, 2.24) is 14.9 Å². The van der Waals surface area contributed by atoms with E-state index in [-0.39, 0.29) is 23.6 Å². The van der Waals surface area contributed by atoms with Crippen LogP contribution < -0.4 is 10.6 Å². The molecule has 0 radical (unpaired) electrons. The summed E-state index contributed by atoms with van der Waals surface area (Å²) in [7, 11) is 0. The molecule has 8 heteroatoms. The summed E-state index contributed by atoms with van der Waals surface area (Å²) in [6.45, 7) is 3.77. The molecular formula is C21H21ClN4O2S. The minimum Gasteiger partial charge on any atom is -0.350 e. The number of rotatable bonds is 7. The zero-order valence-electron chi connectivity index (χ0n) is 16.1. The van der Waals surface area contributed by atoms with Gasteiger partial charge in [0.2, 0.25) is 5.91 Å². The van der Waals surface area contributed by atoms with Gasteiger partial charge in [-0.25, -0.2) is 4.98 Å². The molecule has 6 nitrogen and oxygen atoms in total. The molecule has 0 aliphatic rings. The lowest BCUT2D eigenvalue weighted by Crippen LogP contribution is -2.31. The fourth-order valence-corrected chi connectivity index (χ4v) is 3.62. The van der Waals surface area contributed by atoms with E-state index < -0.39 is 0 Å². The average Bonchev–Trinajstić information content (AvgIpc) is 3.15. The fourth-order valence-electron chi connectivity index (χ4n) is 2.67. The van der Waals surface area contributed by atoms with E-state index in [1.165, 1.54) is 11.8 Å². The van der Waals surface area contributed by atoms with Gasteiger partial charge in [-0.3, -0.25) is 14.2 Å². The lowest BCUT2D eigenvalue weighted by atomic mass is 10.1. The lowest BCUT2D eigenvalue weighted by Gasteiger charge is -2.13. The molecule has 0 saturated heterocycles. The van der Waals surface area contributed by atoms with Crippen LogP contribution in [0.5, 0.6) is 0 Å². The molecule has 29 heavy (non-hydrogen) atoms. The average molecular weight is 429 g/mol. The van der Waals surface area contributed by atoms with E-state index in [0.717, 1.165) is 5.69 Å². The predicted molar refractivity (Wildman–Crippen MR) is 117 cm³/mol. The minimum atomic E-state index is -0.222. The maximum Gasteiger partial charge on any atom is 0.253 e. The zero-order chi connectivity index (χ0) is 20.8. The summed E-state index contributed by atoms with van der Waals surface area (Å²) in [6, 6.07) is 14.4. The van der Waals surface area contributed by atoms with Crippen LogP contribution in [0.25, 0.3) is 5.69 Å². The Morgan fingerprint density at radius 3 is 2.72 bits per heavy atom. The van der Waals surface area contributed by atoms with Crippen LogP contribution in [-0.2, 0) is 4.79 Å². The summed E-state index contributed by atoms with van der Waals surface area (Å²) in [5, 5.41) is 6.95. The standard InChI is InChI=1S/C21H21ClN4O2S/c1-14(2)24-20(28)17-8-3-4-9-18(17)25-19(27)13-29-21-23-10-11-26(21)16-7-5-6-15(22)12-16/h3-12,14H,13H2,1-2H3,(H,24,28)(H,25,27). The third kappa shape index (κ3) is 5.62. The number of para-hydroxylation sites is 1. The molecule has 0 aliphatic carbocycles. The number of halogens is 1. The second kappa shape index (κ2) is 9.62. The van der Waals surface area contributed by atoms with Crippen LogP contribution in [0.4, 0.5) is 5.69 Å². The maximum absolute atomic E-state index is 12.5. The van der Waals surface area contributed by atoms with Gasteiger partial charge in [0.15, 0.2) is 5.16 Å². The molecule has 1 heterocycles. The highest BCUT2D eigenvalue weighted by atomic mass is 35.5. The van der Waals surface area contributed by atoms with Crippen molar-refractivity contribution in [1.29, 1.82) is 0 Å². The third-order valence-electron chi connectivity index (χ3n) is 3.89. The van der Waals surface area contributed by atoms with Crippen molar-refractivity contribution in [2.45, 2.75) is 25.0 Å². The molecule has 0 atom stereocenters. The molecule has 2 N–H and O–H groups in total. The van der Waals surface area contributed by atoms with Gasteiger partial charge in [-0.2, -0.15) is 0 Å². The van der Waals surface area contributed by atoms with Crippen LogP contribution in [0.15, 0.2) is 66.1 Å². The Hall–Kier alpha value is -2.77. The van der Waals surface area contributed by atoms with Crippen LogP contribution in [-0.4, -0.2) is 33.2 Å². The Balaban J connectivity index is 1.67. The number of imidazole rings is 1. The Bertz CT molecular complexity index is 1020. The van der Waals surface area contributed by atoms with E-state index in [0.29, 0.717) is 21.4 Å². The Morgan fingerprint density at radius 1 is 1.17 bits per heavy atom. The maximum atomic E-state index is 12.5. The van der Waals surface area contributed by atoms with Gasteiger partial charge in [-0.1, -0.05) is 41.6 Å². The molecule has 2 amide bonds. The molecule has 2 aromatic carbocycles. The summed E-state index contributed by atoms with van der Waals surface area (Å²) < 4.78 is 1.87. The van der Waals surface area contributed by atoms with Gasteiger partial charge in [0.05, 0.1) is 17.0 Å². The molecule has 1 aromatic heterocycles. The molecule has 0 unspecified atom stereocenters. The highest BCUT2D eigenvalue weighted by Gasteiger charge is 2.15. The smallest absolute Gasteiger partial charge is 0.253 e. The van der Waals surface area contributed by atoms with Crippen molar-refractivity contribution in [3.63, 3.8) is 0 Å². The van der Waals surface area contributed by atoms with Crippen LogP contribution in [0.1, 0.15) is 24.2 Å². The number of nitrogens with zero attached hydrogens (tertiary/aromatic N) is 2. The Kier molecular flexibility index (Phi) is 6.95. The molecule has 3 rings (SSSR count). The number of hydrogen-bond donors (Lipinski definition) is 2. The first kappa shape index (κ1) is 21.0. The van der Waals surface area contributed by atoms with Crippen molar-refractivity contribution in [3.05, 3.63) is 71.5 Å². The molecular weight excluding hydrogens is 408 g/mol. The normalized spacial score (nSPS) is 10.8. The van der Waals surface area contributed by atoms with Gasteiger partial charge in [0.1, 0.15) is 0 Å². The number of hydrogen-bond acceptors (Lipinski definition) is 4. The highest BCUT2D eigenvalue weighted by Crippen LogP contribution is 2.23. The summed E-state index contributed by atoms with van der Waals surface area (Å²) in [6.07, 6.45) is 3.49. The highest BCUT2D eigenvalue weighted by molar-refractivity contribution is 7.99. The van der Waals surface area contributed by atoms with Crippen LogP contribution >= 0.6 is 23.4 Å². The topological polar surface area (TPSA) is 76.0 Å². The second-order valence-electron chi connectivity index (χ2n) is 6.57. The second-order valence-corrected chi connectivity index (χ2v) is 7.95. The first-order chi connectivity index (χ1) is 13.9. The quantitative estimate of drug-likeness (QED) is 0.547. The molecule has 0 saturated carbocycles. The third-order valence-corrected chi connectivity index (χ3v) is 5.09. The number of carbonyl (C=O) groups is 2. The van der Waals surface area contributed by atoms with E-state index in [1.54, 1.807) is 36.5 Å². The largest absolute Gasteiger partial charge is 0.350 e. The summed E-state index contributed by atoms with van der Waals surface area (Å²) in [4.78, 5) is 29.1. The fraction of sp³-hybridized carbons (Fsp3) is 0.190. The number of aromatic nitrogens is 2. The molecule has 3 aromatic rings. The zero-order valence-corrected chi connectivity index (χ0v) is 17.6. The molecule has 150 valence electrons. The van der Waals surface area contributed by atoms with Gasteiger partial charge < -0.3 is 10.6 Å². The minimum absolute atomic E-state index is 0.00663. The van der Waals surface area contributed by atoms with Crippen LogP contribution in [0.2, 0.25) is 5.02 Å². The van der Waals surface area contributed by atoms with Gasteiger partial charge in [0.25, 0.3) is 5.91 Å². The van der Waals surface area contributed by atoms with Gasteiger partial charge in [-0.15, -0.1) is 0 Å². The molecule has 0 spiro atoms. The van der Waals surface area contributed by atoms with E-state index >= 15 is 0 Å². The summed E-state index contributed by atoms with van der Waals surface area (Å²) in [5.41, 5.74) is 1.78. The van der Waals surface area contributed by atoms with Gasteiger partial charge in [0, 0.05) is 29.1 Å². The number of thioether (sulfide) groups is 1. The van der Waals surface area contributed by atoms with Crippen molar-refractivity contribution < 1.29 is 9.59 Å². The lowest BCUT2D eigenvalue weighted by molar-refractivity contribution is -0.113. The number of nitrogens with one attached hydrogen (secondary N) is 2. The SMILES string of the molecule is CC(C)NC(=O)c1ccccc1NC(=O)CSc1nccn1-c1cccc(Cl)c1. The molecule has 0 bridgehead atoms. The predicted octanol–water partition coefficient (Wildman–Crippen LogP) is 4.39. The van der Waals surface area contributed by atoms with E-state index in [1.807, 2.05) is 42.8 Å². The first-order valence-electron chi connectivity index (χ1n) is 9.06. The van der Waals surface area contributed by atoms with Gasteiger partial charge >= 0.3 is 0 Å². The van der Waals surface area contributed by atoms with Gasteiger partial charge in [-0.05, 0) is 44.2 Å². The number of carbonyl (C=O) groups excluding carboxylic acids is 2. The summed E-state index contributed by atoms with van der Waals surface area (Å²) in [5.74, 6) is -0.293. The monoisotopic (exact) mass is 428 g/mol. The van der Waals surface area contributed by atoms with Crippen molar-refractivity contribution in [2.24, 2.45) is 0 Å². The van der Waals surface area contributed by atoms with Crippen molar-refractivity contribution in [3.8, 4) is 5.69 Å². The van der Waals surface area contributed by atoms with E-state index in [9.17, 15) is 9.59 Å². The van der Waals surface area contributed by atoms with E-state index in [4.69, 9.17) is 11.6 Å². The summed E-state index contributed by atoms with van der Waals surface area (Å²) >= 11 is 7.37. The Morgan fingerprint density at radius 2 is 1.97 bits per heavy atom. The van der Waals surface area contributed by atoms with Crippen LogP contribution in [0, 0.1) is 0 Å². The Labute approximate surface area is 178 Å². The first-order valence-corrected chi connectivity index (χ1v) is 10.4. The number of anilines is 1. The number of benzene rings is 2. The molecule has 0 aliphatic heterocycles. The number of amides is 2. The van der Waals surface area contributed by atoms with Crippen molar-refractivity contribution in [2.75, 3.05) is 11.1 Å². The molecule has 0 fully saturated rings. The van der Waals surface area contributed by atoms with Crippen molar-refractivity contribution >= 4 is 40.9 Å². The van der Waals surface area contributed by atoms with E-state index in [2.05, 4.69) is 15.6 Å².